The largest absolute Gasteiger partial charge is 0.466 e. The summed E-state index contributed by atoms with van der Waals surface area (Å²) in [5.41, 5.74) is 0. The molecule has 0 aliphatic carbocycles. The average molecular weight is 460 g/mol. The van der Waals surface area contributed by atoms with Crippen molar-refractivity contribution in [1.29, 1.82) is 0 Å². The van der Waals surface area contributed by atoms with E-state index in [0.717, 1.165) is 19.3 Å². The molecule has 1 fully saturated rings. The van der Waals surface area contributed by atoms with E-state index in [1.807, 2.05) is 0 Å². The number of methoxy groups -OCH3 is 1. The van der Waals surface area contributed by atoms with Crippen LogP contribution in [0.2, 0.25) is 0 Å². The fourth-order valence-electron chi connectivity index (χ4n) is 2.49. The quantitative estimate of drug-likeness (QED) is 0.263. The number of carbonyl (C=O) groups excluding carboxylic acids is 5. The van der Waals surface area contributed by atoms with Crippen LogP contribution in [0.5, 0.6) is 0 Å². The molecule has 1 N–H and O–H groups in total. The van der Waals surface area contributed by atoms with Crippen molar-refractivity contribution in [3.8, 4) is 0 Å². The van der Waals surface area contributed by atoms with Crippen LogP contribution in [0.3, 0.4) is 0 Å². The molecule has 1 heterocycles. The van der Waals surface area contributed by atoms with E-state index in [-0.39, 0.29) is 19.3 Å². The predicted octanol–water partition coefficient (Wildman–Crippen LogP) is -0.0586. The summed E-state index contributed by atoms with van der Waals surface area (Å²) in [6.07, 6.45) is -6.04. The molecule has 5 atom stereocenters. The minimum absolute atomic E-state index is 0.0552. The van der Waals surface area contributed by atoms with Gasteiger partial charge in [-0.1, -0.05) is 20.8 Å². The average Bonchev–Trinajstić information content (AvgIpc) is 2.79. The van der Waals surface area contributed by atoms with Crippen LogP contribution in [0.25, 0.3) is 0 Å². The Kier molecular flexibility index (Phi) is 11.3. The van der Waals surface area contributed by atoms with Crippen LogP contribution in [-0.2, 0) is 52.4 Å². The maximum atomic E-state index is 12.1. The van der Waals surface area contributed by atoms with Crippen molar-refractivity contribution in [2.24, 2.45) is 0 Å². The first kappa shape index (κ1) is 27.0. The third-order valence-corrected chi connectivity index (χ3v) is 4.22. The Labute approximate surface area is 184 Å². The van der Waals surface area contributed by atoms with Gasteiger partial charge in [-0.25, -0.2) is 9.59 Å². The number of ether oxygens (including phenoxy) is 6. The lowest BCUT2D eigenvalue weighted by atomic mass is 9.98. The van der Waals surface area contributed by atoms with Crippen LogP contribution in [-0.4, -0.2) is 79.4 Å². The van der Waals surface area contributed by atoms with Gasteiger partial charge in [-0.05, 0) is 0 Å². The van der Waals surface area contributed by atoms with Gasteiger partial charge in [0.1, 0.15) is 18.8 Å². The number of hydrogen-bond donors (Lipinski definition) is 1. The van der Waals surface area contributed by atoms with Crippen molar-refractivity contribution in [2.75, 3.05) is 13.7 Å². The highest BCUT2D eigenvalue weighted by Crippen LogP contribution is 2.28. The third-order valence-electron chi connectivity index (χ3n) is 4.22. The molecule has 12 nitrogen and oxygen atoms in total. The lowest BCUT2D eigenvalue weighted by Gasteiger charge is -2.42. The van der Waals surface area contributed by atoms with Gasteiger partial charge in [0.15, 0.2) is 6.10 Å². The van der Waals surface area contributed by atoms with Gasteiger partial charge in [-0.15, -0.1) is 0 Å². The van der Waals surface area contributed by atoms with Crippen molar-refractivity contribution < 1.29 is 57.5 Å². The van der Waals surface area contributed by atoms with Gasteiger partial charge in [0.2, 0.25) is 12.4 Å². The molecule has 1 aliphatic heterocycles. The van der Waals surface area contributed by atoms with Crippen LogP contribution in [0.15, 0.2) is 12.2 Å². The Morgan fingerprint density at radius 1 is 0.812 bits per heavy atom. The molecule has 0 bridgehead atoms. The summed E-state index contributed by atoms with van der Waals surface area (Å²) in [6.45, 7) is 4.12. The van der Waals surface area contributed by atoms with Gasteiger partial charge in [-0.2, -0.15) is 0 Å². The zero-order valence-electron chi connectivity index (χ0n) is 18.3. The normalized spacial score (nSPS) is 25.0. The van der Waals surface area contributed by atoms with E-state index >= 15 is 0 Å². The molecule has 0 unspecified atom stereocenters. The van der Waals surface area contributed by atoms with Gasteiger partial charge in [0.05, 0.1) is 7.11 Å². The van der Waals surface area contributed by atoms with Crippen molar-refractivity contribution in [1.82, 2.24) is 0 Å². The minimum atomic E-state index is -1.65. The Bertz CT molecular complexity index is 715. The fourth-order valence-corrected chi connectivity index (χ4v) is 2.49. The highest BCUT2D eigenvalue weighted by atomic mass is 16.7. The summed E-state index contributed by atoms with van der Waals surface area (Å²) in [5, 5.41) is 10.7. The van der Waals surface area contributed by atoms with Gasteiger partial charge in [0.25, 0.3) is 0 Å². The van der Waals surface area contributed by atoms with Gasteiger partial charge < -0.3 is 33.5 Å². The molecule has 1 aliphatic rings. The maximum Gasteiger partial charge on any atom is 0.333 e. The maximum absolute atomic E-state index is 12.1. The number of esters is 5. The monoisotopic (exact) mass is 460 g/mol. The fraction of sp³-hybridized carbons (Fsp3) is 0.650. The number of hydrogen-bond acceptors (Lipinski definition) is 12. The topological polar surface area (TPSA) is 161 Å². The van der Waals surface area contributed by atoms with Gasteiger partial charge >= 0.3 is 29.8 Å². The highest BCUT2D eigenvalue weighted by molar-refractivity contribution is 5.91. The number of aliphatic hydroxyl groups is 1. The second-order valence-electron chi connectivity index (χ2n) is 6.48. The predicted molar refractivity (Wildman–Crippen MR) is 104 cm³/mol. The van der Waals surface area contributed by atoms with E-state index in [9.17, 15) is 29.1 Å². The number of aliphatic hydroxyl groups excluding tert-OH is 1. The molecule has 0 aromatic rings. The Hall–Kier alpha value is -2.99. The molecule has 0 radical (unpaired) electrons. The summed E-state index contributed by atoms with van der Waals surface area (Å²) in [6, 6.07) is 0. The summed E-state index contributed by atoms with van der Waals surface area (Å²) >= 11 is 0. The first-order valence-electron chi connectivity index (χ1n) is 10.0. The van der Waals surface area contributed by atoms with E-state index in [1.54, 1.807) is 6.92 Å². The zero-order valence-corrected chi connectivity index (χ0v) is 18.3. The number of carbonyl (C=O) groups is 5. The Balaban J connectivity index is 3.19. The summed E-state index contributed by atoms with van der Waals surface area (Å²) in [4.78, 5) is 58.6. The number of rotatable bonds is 10. The van der Waals surface area contributed by atoms with Crippen LogP contribution >= 0.6 is 0 Å². The first-order chi connectivity index (χ1) is 15.2. The summed E-state index contributed by atoms with van der Waals surface area (Å²) in [5.74, 6) is -3.95. The first-order valence-corrected chi connectivity index (χ1v) is 10.0. The van der Waals surface area contributed by atoms with Crippen LogP contribution in [0, 0.1) is 0 Å². The van der Waals surface area contributed by atoms with Crippen molar-refractivity contribution in [3.63, 3.8) is 0 Å². The SMILES string of the molecule is CCC(=O)OC[C@H]1O[C@H](OC(=O)/C=C/C(=O)OC)[C@H](OC(=O)CC)[C@@H](OC(=O)CC)[C@H]1O. The lowest BCUT2D eigenvalue weighted by molar-refractivity contribution is -0.298. The lowest BCUT2D eigenvalue weighted by Crippen LogP contribution is -2.62. The van der Waals surface area contributed by atoms with Crippen LogP contribution in [0.1, 0.15) is 40.0 Å². The Morgan fingerprint density at radius 2 is 1.34 bits per heavy atom. The molecule has 180 valence electrons. The molecule has 12 heteroatoms. The third kappa shape index (κ3) is 8.27. The Morgan fingerprint density at radius 3 is 1.88 bits per heavy atom. The van der Waals surface area contributed by atoms with Crippen molar-refractivity contribution >= 4 is 29.8 Å². The molecule has 0 spiro atoms. The van der Waals surface area contributed by atoms with Crippen LogP contribution in [0.4, 0.5) is 0 Å². The molecular weight excluding hydrogens is 432 g/mol. The summed E-state index contributed by atoms with van der Waals surface area (Å²) in [7, 11) is 1.11. The van der Waals surface area contributed by atoms with Crippen molar-refractivity contribution in [3.05, 3.63) is 12.2 Å². The van der Waals surface area contributed by atoms with E-state index in [2.05, 4.69) is 4.74 Å². The standard InChI is InChI=1S/C20H28O12/c1-5-12(21)28-10-11-17(26)18(30-13(22)6-2)19(31-14(23)7-3)20(29-11)32-16(25)9-8-15(24)27-4/h8-9,11,17-20,26H,5-7,10H2,1-4H3/b9-8+/t11-,17+,18+,19-,20-/m1/s1. The smallest absolute Gasteiger partial charge is 0.333 e. The minimum Gasteiger partial charge on any atom is -0.466 e. The van der Waals surface area contributed by atoms with E-state index < -0.39 is 67.2 Å². The molecule has 1 saturated heterocycles. The van der Waals surface area contributed by atoms with Crippen molar-refractivity contribution in [2.45, 2.75) is 70.7 Å². The zero-order chi connectivity index (χ0) is 24.3. The van der Waals surface area contributed by atoms with Crippen LogP contribution < -0.4 is 0 Å². The molecule has 32 heavy (non-hydrogen) atoms. The molecule has 0 aromatic heterocycles. The molecule has 0 amide bonds. The second-order valence-corrected chi connectivity index (χ2v) is 6.48. The van der Waals surface area contributed by atoms with E-state index in [0.29, 0.717) is 0 Å². The highest BCUT2D eigenvalue weighted by Gasteiger charge is 2.51. The van der Waals surface area contributed by atoms with Gasteiger partial charge in [0, 0.05) is 31.4 Å². The summed E-state index contributed by atoms with van der Waals surface area (Å²) < 4.78 is 30.4. The van der Waals surface area contributed by atoms with Gasteiger partial charge in [-0.3, -0.25) is 14.4 Å². The molecule has 0 aromatic carbocycles. The molecular formula is C20H28O12. The molecule has 1 rings (SSSR count). The van der Waals surface area contributed by atoms with E-state index in [1.165, 1.54) is 13.8 Å². The second kappa shape index (κ2) is 13.4. The van der Waals surface area contributed by atoms with E-state index in [4.69, 9.17) is 23.7 Å². The molecule has 0 saturated carbocycles.